The summed E-state index contributed by atoms with van der Waals surface area (Å²) in [6.07, 6.45) is 0. The van der Waals surface area contributed by atoms with E-state index in [-0.39, 0.29) is 0 Å². The molecular formula is C13H7BrF2N2S. The summed E-state index contributed by atoms with van der Waals surface area (Å²) in [6.45, 7) is 0. The van der Waals surface area contributed by atoms with Gasteiger partial charge in [-0.1, -0.05) is 15.9 Å². The Morgan fingerprint density at radius 1 is 1.05 bits per heavy atom. The summed E-state index contributed by atoms with van der Waals surface area (Å²) in [5, 5.41) is 0. The number of aromatic nitrogens is 2. The molecule has 1 N–H and O–H groups in total. The smallest absolute Gasteiger partial charge is 0.182 e. The number of fused-ring (bicyclic) bond motifs is 1. The zero-order valence-electron chi connectivity index (χ0n) is 9.45. The Hall–Kier alpha value is -1.53. The molecule has 2 aromatic carbocycles. The van der Waals surface area contributed by atoms with E-state index in [4.69, 9.17) is 12.2 Å². The highest BCUT2D eigenvalue weighted by molar-refractivity contribution is 9.10. The van der Waals surface area contributed by atoms with Gasteiger partial charge in [-0.3, -0.25) is 4.57 Å². The summed E-state index contributed by atoms with van der Waals surface area (Å²) >= 11 is 8.61. The van der Waals surface area contributed by atoms with E-state index in [1.54, 1.807) is 4.57 Å². The van der Waals surface area contributed by atoms with Crippen LogP contribution in [0.2, 0.25) is 0 Å². The van der Waals surface area contributed by atoms with Crippen LogP contribution in [0.15, 0.2) is 40.9 Å². The van der Waals surface area contributed by atoms with E-state index in [2.05, 4.69) is 20.9 Å². The highest BCUT2D eigenvalue weighted by atomic mass is 79.9. The molecule has 3 rings (SSSR count). The number of hydrogen-bond acceptors (Lipinski definition) is 1. The fraction of sp³-hybridized carbons (Fsp3) is 0. The summed E-state index contributed by atoms with van der Waals surface area (Å²) in [7, 11) is 0. The van der Waals surface area contributed by atoms with Gasteiger partial charge in [-0.05, 0) is 42.5 Å². The van der Waals surface area contributed by atoms with Crippen LogP contribution in [0.1, 0.15) is 0 Å². The van der Waals surface area contributed by atoms with Crippen LogP contribution in [-0.4, -0.2) is 9.55 Å². The first-order valence-electron chi connectivity index (χ1n) is 5.42. The Labute approximate surface area is 120 Å². The highest BCUT2D eigenvalue weighted by Crippen LogP contribution is 2.24. The Morgan fingerprint density at radius 3 is 2.58 bits per heavy atom. The van der Waals surface area contributed by atoms with E-state index in [0.29, 0.717) is 10.5 Å². The molecule has 0 aliphatic rings. The average molecular weight is 341 g/mol. The maximum absolute atomic E-state index is 13.3. The second-order valence-electron chi connectivity index (χ2n) is 4.03. The van der Waals surface area contributed by atoms with E-state index in [0.717, 1.165) is 27.6 Å². The van der Waals surface area contributed by atoms with Crippen LogP contribution in [0, 0.1) is 16.4 Å². The minimum atomic E-state index is -0.899. The lowest BCUT2D eigenvalue weighted by atomic mass is 10.2. The first kappa shape index (κ1) is 12.5. The van der Waals surface area contributed by atoms with Crippen molar-refractivity contribution in [2.45, 2.75) is 0 Å². The topological polar surface area (TPSA) is 20.7 Å². The summed E-state index contributed by atoms with van der Waals surface area (Å²) in [6, 6.07) is 9.31. The van der Waals surface area contributed by atoms with Gasteiger partial charge in [0, 0.05) is 10.5 Å². The second-order valence-corrected chi connectivity index (χ2v) is 5.33. The van der Waals surface area contributed by atoms with Gasteiger partial charge in [-0.2, -0.15) is 0 Å². The lowest BCUT2D eigenvalue weighted by Gasteiger charge is -2.05. The molecular weight excluding hydrogens is 334 g/mol. The van der Waals surface area contributed by atoms with Crippen molar-refractivity contribution in [2.24, 2.45) is 0 Å². The maximum Gasteiger partial charge on any atom is 0.182 e. The van der Waals surface area contributed by atoms with Crippen molar-refractivity contribution in [3.63, 3.8) is 0 Å². The third-order valence-electron chi connectivity index (χ3n) is 2.81. The molecule has 19 heavy (non-hydrogen) atoms. The molecule has 96 valence electrons. The zero-order chi connectivity index (χ0) is 13.6. The van der Waals surface area contributed by atoms with Gasteiger partial charge in [0.2, 0.25) is 0 Å². The van der Waals surface area contributed by atoms with Crippen molar-refractivity contribution >= 4 is 39.2 Å². The van der Waals surface area contributed by atoms with Crippen molar-refractivity contribution in [1.82, 2.24) is 9.55 Å². The van der Waals surface area contributed by atoms with Crippen molar-refractivity contribution < 1.29 is 8.78 Å². The number of benzene rings is 2. The van der Waals surface area contributed by atoms with Crippen LogP contribution in [0.4, 0.5) is 8.78 Å². The molecule has 0 radical (unpaired) electrons. The number of nitrogens with one attached hydrogen (secondary N) is 1. The van der Waals surface area contributed by atoms with Gasteiger partial charge in [0.1, 0.15) is 0 Å². The van der Waals surface area contributed by atoms with Crippen molar-refractivity contribution in [2.75, 3.05) is 0 Å². The molecule has 0 spiro atoms. The molecule has 6 heteroatoms. The highest BCUT2D eigenvalue weighted by Gasteiger charge is 2.09. The van der Waals surface area contributed by atoms with E-state index in [1.807, 2.05) is 18.2 Å². The van der Waals surface area contributed by atoms with Crippen molar-refractivity contribution in [3.05, 3.63) is 57.3 Å². The third kappa shape index (κ3) is 2.11. The number of hydrogen-bond donors (Lipinski definition) is 1. The van der Waals surface area contributed by atoms with E-state index < -0.39 is 11.6 Å². The summed E-state index contributed by atoms with van der Waals surface area (Å²) in [5.41, 5.74) is 2.11. The number of rotatable bonds is 1. The monoisotopic (exact) mass is 340 g/mol. The van der Waals surface area contributed by atoms with Crippen molar-refractivity contribution in [3.8, 4) is 5.69 Å². The van der Waals surface area contributed by atoms with E-state index >= 15 is 0 Å². The van der Waals surface area contributed by atoms with Gasteiger partial charge in [0.15, 0.2) is 16.4 Å². The third-order valence-corrected chi connectivity index (χ3v) is 3.58. The molecule has 1 heterocycles. The van der Waals surface area contributed by atoms with Gasteiger partial charge < -0.3 is 4.98 Å². The Morgan fingerprint density at radius 2 is 1.84 bits per heavy atom. The molecule has 0 aliphatic heterocycles. The average Bonchev–Trinajstić information content (AvgIpc) is 2.68. The van der Waals surface area contributed by atoms with Gasteiger partial charge in [-0.25, -0.2) is 8.78 Å². The predicted molar refractivity (Wildman–Crippen MR) is 76.1 cm³/mol. The van der Waals surface area contributed by atoms with Crippen LogP contribution in [0.3, 0.4) is 0 Å². The SMILES string of the molecule is Fc1ccc(-n2c(=S)[nH]c3ccc(Br)cc32)cc1F. The number of halogens is 3. The first-order chi connectivity index (χ1) is 9.06. The van der Waals surface area contributed by atoms with E-state index in [1.165, 1.54) is 6.07 Å². The number of H-pyrrole nitrogens is 1. The molecule has 2 nitrogen and oxygen atoms in total. The predicted octanol–water partition coefficient (Wildman–Crippen LogP) is 4.73. The summed E-state index contributed by atoms with van der Waals surface area (Å²) in [4.78, 5) is 3.03. The minimum Gasteiger partial charge on any atom is -0.330 e. The summed E-state index contributed by atoms with van der Waals surface area (Å²) < 4.78 is 29.3. The summed E-state index contributed by atoms with van der Waals surface area (Å²) in [5.74, 6) is -1.78. The van der Waals surface area contributed by atoms with Crippen LogP contribution in [0.5, 0.6) is 0 Å². The van der Waals surface area contributed by atoms with Crippen LogP contribution >= 0.6 is 28.1 Å². The standard InChI is InChI=1S/C13H7BrF2N2S/c14-7-1-4-11-12(5-7)18(13(19)17-11)8-2-3-9(15)10(16)6-8/h1-6H,(H,17,19). The number of aromatic amines is 1. The zero-order valence-corrected chi connectivity index (χ0v) is 11.9. The molecule has 0 fully saturated rings. The molecule has 0 saturated heterocycles. The fourth-order valence-electron chi connectivity index (χ4n) is 1.96. The fourth-order valence-corrected chi connectivity index (χ4v) is 2.62. The van der Waals surface area contributed by atoms with Gasteiger partial charge in [0.05, 0.1) is 16.7 Å². The van der Waals surface area contributed by atoms with Gasteiger partial charge in [-0.15, -0.1) is 0 Å². The maximum atomic E-state index is 13.3. The molecule has 3 aromatic rings. The minimum absolute atomic E-state index is 0.430. The lowest BCUT2D eigenvalue weighted by Crippen LogP contribution is -1.96. The first-order valence-corrected chi connectivity index (χ1v) is 6.62. The number of nitrogens with zero attached hydrogens (tertiary/aromatic N) is 1. The van der Waals surface area contributed by atoms with Crippen LogP contribution < -0.4 is 0 Å². The van der Waals surface area contributed by atoms with E-state index in [9.17, 15) is 8.78 Å². The second kappa shape index (κ2) is 4.54. The lowest BCUT2D eigenvalue weighted by molar-refractivity contribution is 0.508. The molecule has 0 aliphatic carbocycles. The largest absolute Gasteiger partial charge is 0.330 e. The normalized spacial score (nSPS) is 11.1. The number of imidazole rings is 1. The molecule has 0 unspecified atom stereocenters. The molecule has 0 atom stereocenters. The molecule has 0 bridgehead atoms. The Bertz CT molecular complexity index is 838. The molecule has 0 saturated carbocycles. The van der Waals surface area contributed by atoms with Crippen molar-refractivity contribution in [1.29, 1.82) is 0 Å². The molecule has 1 aromatic heterocycles. The Balaban J connectivity index is 2.35. The Kier molecular flexibility index (Phi) is 2.99. The van der Waals surface area contributed by atoms with Gasteiger partial charge >= 0.3 is 0 Å². The molecule has 0 amide bonds. The quantitative estimate of drug-likeness (QED) is 0.635. The van der Waals surface area contributed by atoms with Crippen LogP contribution in [0.25, 0.3) is 16.7 Å². The van der Waals surface area contributed by atoms with Gasteiger partial charge in [0.25, 0.3) is 0 Å². The van der Waals surface area contributed by atoms with Crippen LogP contribution in [-0.2, 0) is 0 Å².